The normalized spacial score (nSPS) is 11.1. The van der Waals surface area contributed by atoms with E-state index in [0.29, 0.717) is 50.6 Å². The van der Waals surface area contributed by atoms with Crippen molar-refractivity contribution in [1.82, 2.24) is 0 Å². The Balaban J connectivity index is 1.94. The van der Waals surface area contributed by atoms with Crippen LogP contribution in [0.2, 0.25) is 0 Å². The molecular weight excluding hydrogens is 392 g/mol. The number of fused-ring (bicyclic) bond motifs is 2. The molecule has 5 rings (SSSR count). The van der Waals surface area contributed by atoms with Gasteiger partial charge in [-0.25, -0.2) is 9.59 Å². The monoisotopic (exact) mass is 406 g/mol. The van der Waals surface area contributed by atoms with Gasteiger partial charge in [-0.1, -0.05) is 36.4 Å². The molecule has 0 unspecified atom stereocenters. The summed E-state index contributed by atoms with van der Waals surface area (Å²) in [7, 11) is 0. The zero-order chi connectivity index (χ0) is 21.5. The van der Waals surface area contributed by atoms with E-state index in [9.17, 15) is 9.59 Å². The molecule has 7 nitrogen and oxygen atoms in total. The summed E-state index contributed by atoms with van der Waals surface area (Å²) in [6.45, 7) is 0. The van der Waals surface area contributed by atoms with E-state index in [1.165, 1.54) is 0 Å². The molecule has 0 aromatic heterocycles. The molecule has 0 amide bonds. The van der Waals surface area contributed by atoms with E-state index in [1.54, 1.807) is 36.4 Å². The van der Waals surface area contributed by atoms with Crippen LogP contribution in [0, 0.1) is 0 Å². The van der Waals surface area contributed by atoms with Gasteiger partial charge in [0.05, 0.1) is 5.69 Å². The Labute approximate surface area is 176 Å². The van der Waals surface area contributed by atoms with Gasteiger partial charge < -0.3 is 16.2 Å². The van der Waals surface area contributed by atoms with Gasteiger partial charge in [-0.3, -0.25) is 0 Å². The summed E-state index contributed by atoms with van der Waals surface area (Å²) in [5.41, 5.74) is 16.7. The first-order valence-electron chi connectivity index (χ1n) is 9.34. The van der Waals surface area contributed by atoms with Crippen LogP contribution in [0.3, 0.4) is 0 Å². The molecule has 0 bridgehead atoms. The highest BCUT2D eigenvalue weighted by Crippen LogP contribution is 2.63. The van der Waals surface area contributed by atoms with Gasteiger partial charge in [0.1, 0.15) is 5.69 Å². The number of hydrogen-bond acceptors (Lipinski definition) is 7. The lowest BCUT2D eigenvalue weighted by Gasteiger charge is -2.13. The minimum absolute atomic E-state index is 0.352. The first-order valence-corrected chi connectivity index (χ1v) is 9.34. The largest absolute Gasteiger partial charge is 0.446 e. The molecule has 148 valence electrons. The Morgan fingerprint density at radius 2 is 1.26 bits per heavy atom. The van der Waals surface area contributed by atoms with Crippen molar-refractivity contribution in [3.05, 3.63) is 60.7 Å². The number of isocyanates is 2. The lowest BCUT2D eigenvalue weighted by molar-refractivity contribution is 0.564. The standard InChI is InChI=1S/C24H14N4O3/c25-15-5-1-13(2-6-15)17-9-10-18-20(21(17)27-11-29)19(14-3-7-16(26)8-4-14)23-24(31-23)22(18)28-12-30/h1-10H,25-26H2. The third-order valence-electron chi connectivity index (χ3n) is 5.23. The number of aliphatic imine (C=N–C) groups is 2. The van der Waals surface area contributed by atoms with E-state index in [-0.39, 0.29) is 0 Å². The maximum absolute atomic E-state index is 11.4. The Kier molecular flexibility index (Phi) is 4.12. The second-order valence-corrected chi connectivity index (χ2v) is 7.02. The number of carbonyl (C=O) groups excluding carboxylic acids is 2. The molecule has 0 atom stereocenters. The molecule has 0 spiro atoms. The number of ether oxygens (including phenoxy) is 1. The van der Waals surface area contributed by atoms with Gasteiger partial charge in [-0.15, -0.1) is 0 Å². The minimum Gasteiger partial charge on any atom is -0.446 e. The molecule has 7 heteroatoms. The predicted octanol–water partition coefficient (Wildman–Crippen LogP) is 5.38. The highest BCUT2D eigenvalue weighted by atomic mass is 16.6. The van der Waals surface area contributed by atoms with Gasteiger partial charge in [0.25, 0.3) is 0 Å². The maximum atomic E-state index is 11.4. The predicted molar refractivity (Wildman–Crippen MR) is 119 cm³/mol. The van der Waals surface area contributed by atoms with Crippen molar-refractivity contribution in [2.24, 2.45) is 9.98 Å². The molecule has 0 fully saturated rings. The van der Waals surface area contributed by atoms with Gasteiger partial charge in [-0.05, 0) is 35.4 Å². The fourth-order valence-corrected chi connectivity index (χ4v) is 3.81. The van der Waals surface area contributed by atoms with E-state index in [0.717, 1.165) is 16.7 Å². The van der Waals surface area contributed by atoms with Crippen LogP contribution in [0.15, 0.2) is 70.6 Å². The van der Waals surface area contributed by atoms with Gasteiger partial charge in [0, 0.05) is 33.3 Å². The highest BCUT2D eigenvalue weighted by molar-refractivity contribution is 6.18. The lowest BCUT2D eigenvalue weighted by atomic mass is 9.91. The number of nitrogen functional groups attached to an aromatic ring is 2. The van der Waals surface area contributed by atoms with Crippen LogP contribution in [-0.4, -0.2) is 12.2 Å². The van der Waals surface area contributed by atoms with Crippen LogP contribution in [0.25, 0.3) is 33.0 Å². The third kappa shape index (κ3) is 2.94. The quantitative estimate of drug-likeness (QED) is 0.179. The second kappa shape index (κ2) is 6.97. The van der Waals surface area contributed by atoms with Crippen LogP contribution < -0.4 is 16.2 Å². The van der Waals surface area contributed by atoms with Crippen molar-refractivity contribution >= 4 is 45.7 Å². The second-order valence-electron chi connectivity index (χ2n) is 7.02. The molecule has 1 heterocycles. The average Bonchev–Trinajstić information content (AvgIpc) is 3.56. The van der Waals surface area contributed by atoms with Crippen molar-refractivity contribution in [1.29, 1.82) is 0 Å². The molecule has 4 N–H and O–H groups in total. The Morgan fingerprint density at radius 1 is 0.677 bits per heavy atom. The topological polar surface area (TPSA) is 123 Å². The van der Waals surface area contributed by atoms with E-state index in [1.807, 2.05) is 36.4 Å². The van der Waals surface area contributed by atoms with Gasteiger partial charge in [0.2, 0.25) is 12.2 Å². The van der Waals surface area contributed by atoms with Crippen molar-refractivity contribution in [2.45, 2.75) is 0 Å². The summed E-state index contributed by atoms with van der Waals surface area (Å²) in [6.07, 6.45) is 3.23. The van der Waals surface area contributed by atoms with Crippen molar-refractivity contribution < 1.29 is 14.3 Å². The fourth-order valence-electron chi connectivity index (χ4n) is 3.81. The summed E-state index contributed by atoms with van der Waals surface area (Å²) in [4.78, 5) is 30.4. The molecule has 0 saturated heterocycles. The maximum Gasteiger partial charge on any atom is 0.240 e. The molecule has 0 radical (unpaired) electrons. The molecule has 4 aromatic carbocycles. The molecule has 1 aliphatic heterocycles. The Morgan fingerprint density at radius 3 is 1.87 bits per heavy atom. The molecule has 0 saturated carbocycles. The molecule has 4 aromatic rings. The third-order valence-corrected chi connectivity index (χ3v) is 5.23. The Bertz CT molecular complexity index is 1460. The summed E-state index contributed by atoms with van der Waals surface area (Å²) in [5, 5.41) is 1.23. The highest BCUT2D eigenvalue weighted by Gasteiger charge is 2.35. The SMILES string of the molecule is Nc1ccc(-c2ccc3c(N=C=O)c4c(c(-c5ccc(N)cc5)c3c2N=C=O)O4)cc1. The van der Waals surface area contributed by atoms with Crippen LogP contribution >= 0.6 is 0 Å². The zero-order valence-electron chi connectivity index (χ0n) is 16.0. The number of benzene rings is 4. The number of nitrogens with two attached hydrogens (primary N) is 2. The molecule has 0 aliphatic carbocycles. The van der Waals surface area contributed by atoms with Crippen LogP contribution in [0.1, 0.15) is 0 Å². The van der Waals surface area contributed by atoms with Gasteiger partial charge in [0.15, 0.2) is 11.5 Å². The van der Waals surface area contributed by atoms with Crippen LogP contribution in [-0.2, 0) is 9.59 Å². The van der Waals surface area contributed by atoms with E-state index >= 15 is 0 Å². The molecule has 1 aliphatic rings. The van der Waals surface area contributed by atoms with Crippen molar-refractivity contribution in [3.8, 4) is 33.8 Å². The fraction of sp³-hybridized carbons (Fsp3) is 0. The first kappa shape index (κ1) is 18.3. The number of hydrogen-bond donors (Lipinski definition) is 2. The first-order chi connectivity index (χ1) is 15.1. The number of nitrogens with zero attached hydrogens (tertiary/aromatic N) is 2. The van der Waals surface area contributed by atoms with E-state index in [4.69, 9.17) is 16.2 Å². The average molecular weight is 406 g/mol. The van der Waals surface area contributed by atoms with Crippen LogP contribution in [0.5, 0.6) is 11.5 Å². The van der Waals surface area contributed by atoms with Gasteiger partial charge >= 0.3 is 0 Å². The zero-order valence-corrected chi connectivity index (χ0v) is 16.0. The summed E-state index contributed by atoms with van der Waals surface area (Å²) in [6, 6.07) is 18.1. The lowest BCUT2D eigenvalue weighted by Crippen LogP contribution is -1.88. The summed E-state index contributed by atoms with van der Waals surface area (Å²) >= 11 is 0. The Hall–Kier alpha value is -4.70. The summed E-state index contributed by atoms with van der Waals surface area (Å²) < 4.78 is 5.72. The van der Waals surface area contributed by atoms with E-state index in [2.05, 4.69) is 9.98 Å². The van der Waals surface area contributed by atoms with Gasteiger partial charge in [-0.2, -0.15) is 9.98 Å². The number of rotatable bonds is 4. The summed E-state index contributed by atoms with van der Waals surface area (Å²) in [5.74, 6) is 1.08. The minimum atomic E-state index is 0.352. The molecule has 31 heavy (non-hydrogen) atoms. The van der Waals surface area contributed by atoms with E-state index < -0.39 is 0 Å². The molecular formula is C24H14N4O3. The van der Waals surface area contributed by atoms with Crippen LogP contribution in [0.4, 0.5) is 22.7 Å². The number of anilines is 2. The van der Waals surface area contributed by atoms with Crippen molar-refractivity contribution in [2.75, 3.05) is 11.5 Å². The van der Waals surface area contributed by atoms with Crippen molar-refractivity contribution in [3.63, 3.8) is 0 Å². The smallest absolute Gasteiger partial charge is 0.240 e.